The molecule has 3 atom stereocenters. The van der Waals surface area contributed by atoms with Gasteiger partial charge in [0.05, 0.1) is 47.8 Å². The first kappa shape index (κ1) is 23.5. The molecule has 9 heteroatoms. The van der Waals surface area contributed by atoms with Gasteiger partial charge in [-0.15, -0.1) is 0 Å². The number of benzene rings is 1. The van der Waals surface area contributed by atoms with Crippen molar-refractivity contribution < 1.29 is 9.53 Å². The number of fused-ring (bicyclic) bond motifs is 1. The minimum Gasteiger partial charge on any atom is -0.404 e. The van der Waals surface area contributed by atoms with Crippen LogP contribution in [0.1, 0.15) is 18.4 Å². The summed E-state index contributed by atoms with van der Waals surface area (Å²) in [5.41, 5.74) is 7.35. The molecule has 32 heavy (non-hydrogen) atoms. The van der Waals surface area contributed by atoms with E-state index in [0.29, 0.717) is 42.8 Å². The first-order chi connectivity index (χ1) is 15.5. The molecule has 3 N–H and O–H groups in total. The zero-order valence-electron chi connectivity index (χ0n) is 18.2. The van der Waals surface area contributed by atoms with E-state index in [4.69, 9.17) is 39.1 Å². The van der Waals surface area contributed by atoms with Gasteiger partial charge in [-0.2, -0.15) is 0 Å². The van der Waals surface area contributed by atoms with Crippen LogP contribution < -0.4 is 5.73 Å². The predicted octanol–water partition coefficient (Wildman–Crippen LogP) is 2.40. The van der Waals surface area contributed by atoms with Crippen LogP contribution in [0.15, 0.2) is 30.0 Å². The molecule has 3 aliphatic heterocycles. The van der Waals surface area contributed by atoms with E-state index in [0.717, 1.165) is 30.8 Å². The molecule has 0 aromatic heterocycles. The molecule has 4 rings (SSSR count). The second-order valence-electron chi connectivity index (χ2n) is 8.77. The maximum atomic E-state index is 13.5. The molecule has 1 aromatic carbocycles. The largest absolute Gasteiger partial charge is 0.404 e. The molecule has 0 radical (unpaired) electrons. The molecule has 3 aliphatic rings. The Kier molecular flexibility index (Phi) is 7.74. The van der Waals surface area contributed by atoms with Gasteiger partial charge in [-0.3, -0.25) is 14.6 Å². The number of carbonyl (C=O) groups excluding carboxylic acids is 1. The number of nitrogens with zero attached hydrogens (tertiary/aromatic N) is 3. The topological polar surface area (TPSA) is 85.9 Å². The summed E-state index contributed by atoms with van der Waals surface area (Å²) in [6, 6.07) is 5.66. The Balaban J connectivity index is 1.58. The molecule has 3 saturated heterocycles. The number of ether oxygens (including phenoxy) is 1. The summed E-state index contributed by atoms with van der Waals surface area (Å²) >= 11 is 12.2. The molecule has 2 unspecified atom stereocenters. The summed E-state index contributed by atoms with van der Waals surface area (Å²) in [5.74, 6) is 0.103. The van der Waals surface area contributed by atoms with E-state index < -0.39 is 0 Å². The van der Waals surface area contributed by atoms with Crippen molar-refractivity contribution in [3.63, 3.8) is 0 Å². The van der Waals surface area contributed by atoms with E-state index in [1.54, 1.807) is 12.1 Å². The van der Waals surface area contributed by atoms with E-state index in [9.17, 15) is 4.79 Å². The van der Waals surface area contributed by atoms with Gasteiger partial charge in [-0.25, -0.2) is 0 Å². The molecule has 174 valence electrons. The third-order valence-electron chi connectivity index (χ3n) is 6.88. The lowest BCUT2D eigenvalue weighted by atomic mass is 9.90. The van der Waals surface area contributed by atoms with Gasteiger partial charge >= 0.3 is 0 Å². The Morgan fingerprint density at radius 2 is 1.88 bits per heavy atom. The van der Waals surface area contributed by atoms with Crippen LogP contribution in [0.2, 0.25) is 10.0 Å². The van der Waals surface area contributed by atoms with Gasteiger partial charge in [-0.1, -0.05) is 29.3 Å². The van der Waals surface area contributed by atoms with Gasteiger partial charge in [-0.05, 0) is 55.4 Å². The fraction of sp³-hybridized carbons (Fsp3) is 0.565. The molecule has 7 nitrogen and oxygen atoms in total. The summed E-state index contributed by atoms with van der Waals surface area (Å²) in [5, 5.41) is 8.58. The molecule has 0 spiro atoms. The second kappa shape index (κ2) is 10.5. The van der Waals surface area contributed by atoms with Crippen LogP contribution in [-0.2, 0) is 16.0 Å². The minimum atomic E-state index is 0.0376. The number of amides is 1. The van der Waals surface area contributed by atoms with Crippen LogP contribution in [0.4, 0.5) is 0 Å². The van der Waals surface area contributed by atoms with Crippen molar-refractivity contribution in [1.29, 1.82) is 5.41 Å². The highest BCUT2D eigenvalue weighted by Gasteiger charge is 2.47. The second-order valence-corrected chi connectivity index (χ2v) is 9.59. The maximum Gasteiger partial charge on any atom is 0.227 e. The van der Waals surface area contributed by atoms with Crippen LogP contribution in [0.25, 0.3) is 0 Å². The van der Waals surface area contributed by atoms with Crippen molar-refractivity contribution in [3.05, 3.63) is 45.6 Å². The molecule has 3 heterocycles. The Morgan fingerprint density at radius 3 is 2.56 bits per heavy atom. The van der Waals surface area contributed by atoms with Gasteiger partial charge in [0.1, 0.15) is 0 Å². The Morgan fingerprint density at radius 1 is 1.12 bits per heavy atom. The predicted molar refractivity (Wildman–Crippen MR) is 127 cm³/mol. The smallest absolute Gasteiger partial charge is 0.227 e. The van der Waals surface area contributed by atoms with Gasteiger partial charge in [0.2, 0.25) is 5.91 Å². The van der Waals surface area contributed by atoms with Crippen LogP contribution in [-0.4, -0.2) is 90.9 Å². The van der Waals surface area contributed by atoms with Crippen molar-refractivity contribution in [3.8, 4) is 0 Å². The van der Waals surface area contributed by atoms with Crippen LogP contribution >= 0.6 is 23.2 Å². The molecule has 3 fully saturated rings. The molecular formula is C23H31Cl2N5O2. The Labute approximate surface area is 199 Å². The average Bonchev–Trinajstić information content (AvgIpc) is 3.34. The number of hydrogen-bond donors (Lipinski definition) is 2. The van der Waals surface area contributed by atoms with Crippen molar-refractivity contribution in [2.45, 2.75) is 37.4 Å². The molecule has 0 bridgehead atoms. The van der Waals surface area contributed by atoms with Crippen molar-refractivity contribution in [2.75, 3.05) is 45.9 Å². The zero-order valence-corrected chi connectivity index (χ0v) is 19.7. The van der Waals surface area contributed by atoms with Crippen LogP contribution in [0.3, 0.4) is 0 Å². The lowest BCUT2D eigenvalue weighted by Gasteiger charge is -2.54. The molecule has 0 aliphatic carbocycles. The summed E-state index contributed by atoms with van der Waals surface area (Å²) in [7, 11) is 0. The highest BCUT2D eigenvalue weighted by Crippen LogP contribution is 2.31. The number of halogens is 2. The fourth-order valence-corrected chi connectivity index (χ4v) is 5.56. The third kappa shape index (κ3) is 4.97. The summed E-state index contributed by atoms with van der Waals surface area (Å²) in [6.07, 6.45) is 5.46. The normalized spacial score (nSPS) is 27.4. The minimum absolute atomic E-state index is 0.0376. The number of nitrogens with one attached hydrogen (secondary N) is 1. The monoisotopic (exact) mass is 479 g/mol. The average molecular weight is 480 g/mol. The molecule has 0 saturated carbocycles. The van der Waals surface area contributed by atoms with Gasteiger partial charge in [0.25, 0.3) is 0 Å². The van der Waals surface area contributed by atoms with E-state index in [-0.39, 0.29) is 24.0 Å². The number of rotatable bonds is 6. The third-order valence-corrected chi connectivity index (χ3v) is 7.62. The molecular weight excluding hydrogens is 449 g/mol. The van der Waals surface area contributed by atoms with Crippen molar-refractivity contribution in [1.82, 2.24) is 14.7 Å². The van der Waals surface area contributed by atoms with Crippen molar-refractivity contribution >= 4 is 35.3 Å². The standard InChI is InChI=1S/C23H31Cl2N5O2/c24-18-4-3-16(9-19(18)25)10-22(31)30-8-7-29(13-17(11-26)12-27)21-15-32-14-20(23(21)30)28-5-1-2-6-28/h3-4,9,11-12,20-21,23,26H,1-2,5-8,10,13-15,27H2/b17-12+,26-11?/t20-,21?,23?/m0/s1. The zero-order chi connectivity index (χ0) is 22.7. The number of nitrogens with two attached hydrogens (primary N) is 1. The summed E-state index contributed by atoms with van der Waals surface area (Å²) in [4.78, 5) is 20.4. The number of hydrogen-bond acceptors (Lipinski definition) is 6. The molecule has 1 amide bonds. The highest BCUT2D eigenvalue weighted by molar-refractivity contribution is 6.42. The number of likely N-dealkylation sites (tertiary alicyclic amines) is 1. The Bertz CT molecular complexity index is 874. The van der Waals surface area contributed by atoms with Gasteiger partial charge in [0, 0.05) is 25.8 Å². The summed E-state index contributed by atoms with van der Waals surface area (Å²) in [6.45, 7) is 5.24. The maximum absolute atomic E-state index is 13.5. The van der Waals surface area contributed by atoms with Crippen LogP contribution in [0, 0.1) is 5.41 Å². The van der Waals surface area contributed by atoms with Gasteiger partial charge in [0.15, 0.2) is 0 Å². The first-order valence-corrected chi connectivity index (χ1v) is 12.0. The molecule has 1 aromatic rings. The van der Waals surface area contributed by atoms with E-state index in [1.807, 2.05) is 6.07 Å². The first-order valence-electron chi connectivity index (χ1n) is 11.2. The van der Waals surface area contributed by atoms with E-state index >= 15 is 0 Å². The number of carbonyl (C=O) groups is 1. The lowest BCUT2D eigenvalue weighted by Crippen LogP contribution is -2.71. The number of piperazine rings is 1. The van der Waals surface area contributed by atoms with E-state index in [2.05, 4.69) is 14.7 Å². The fourth-order valence-electron chi connectivity index (χ4n) is 5.24. The van der Waals surface area contributed by atoms with Crippen LogP contribution in [0.5, 0.6) is 0 Å². The summed E-state index contributed by atoms with van der Waals surface area (Å²) < 4.78 is 6.06. The Hall–Kier alpha value is -1.64. The quantitative estimate of drug-likeness (QED) is 0.611. The lowest BCUT2D eigenvalue weighted by molar-refractivity contribution is -0.151. The highest BCUT2D eigenvalue weighted by atomic mass is 35.5. The van der Waals surface area contributed by atoms with E-state index in [1.165, 1.54) is 25.3 Å². The van der Waals surface area contributed by atoms with Crippen molar-refractivity contribution in [2.24, 2.45) is 5.73 Å². The SMILES string of the molecule is N=C/C(=C\N)CN1CCN(C(=O)Cc2ccc(Cl)c(Cl)c2)C2C1COC[C@@H]2N1CCCC1. The van der Waals surface area contributed by atoms with Gasteiger partial charge < -0.3 is 20.8 Å².